The van der Waals surface area contributed by atoms with Crippen molar-refractivity contribution >= 4 is 6.21 Å². The van der Waals surface area contributed by atoms with Gasteiger partial charge in [-0.15, -0.1) is 0 Å². The first-order valence-electron chi connectivity index (χ1n) is 10.1. The van der Waals surface area contributed by atoms with Crippen LogP contribution in [0.25, 0.3) is 11.1 Å². The van der Waals surface area contributed by atoms with E-state index in [0.29, 0.717) is 24.7 Å². The average molecular weight is 404 g/mol. The summed E-state index contributed by atoms with van der Waals surface area (Å²) < 4.78 is 11.7. The lowest BCUT2D eigenvalue weighted by molar-refractivity contribution is 0.293. The van der Waals surface area contributed by atoms with E-state index in [2.05, 4.69) is 34.9 Å². The molecule has 30 heavy (non-hydrogen) atoms. The molecule has 0 spiro atoms. The Kier molecular flexibility index (Phi) is 8.01. The molecule has 5 nitrogen and oxygen atoms in total. The molecule has 0 aromatic heterocycles. The van der Waals surface area contributed by atoms with Crippen LogP contribution in [0.1, 0.15) is 16.7 Å². The molecule has 5 heteroatoms. The fourth-order valence-electron chi connectivity index (χ4n) is 3.28. The average Bonchev–Trinajstić information content (AvgIpc) is 2.80. The summed E-state index contributed by atoms with van der Waals surface area (Å²) in [6, 6.07) is 22.4. The molecule has 0 bridgehead atoms. The summed E-state index contributed by atoms with van der Waals surface area (Å²) in [5, 5.41) is 14.2. The molecule has 0 atom stereocenters. The second-order valence-corrected chi connectivity index (χ2v) is 6.98. The Morgan fingerprint density at radius 2 is 1.63 bits per heavy atom. The largest absolute Gasteiger partial charge is 0.493 e. The van der Waals surface area contributed by atoms with Crippen molar-refractivity contribution in [3.8, 4) is 22.6 Å². The maximum Gasteiger partial charge on any atom is 0.169 e. The number of benzene rings is 3. The first-order chi connectivity index (χ1) is 14.7. The first-order valence-corrected chi connectivity index (χ1v) is 10.1. The fourth-order valence-corrected chi connectivity index (χ4v) is 3.28. The van der Waals surface area contributed by atoms with Gasteiger partial charge in [0.15, 0.2) is 11.5 Å². The van der Waals surface area contributed by atoms with Crippen LogP contribution in [0.3, 0.4) is 0 Å². The lowest BCUT2D eigenvalue weighted by atomic mass is 10.0. The van der Waals surface area contributed by atoms with Gasteiger partial charge in [-0.25, -0.2) is 0 Å². The zero-order valence-corrected chi connectivity index (χ0v) is 17.6. The SMILES string of the molecule is CNCc1ccc(CNCCOc2c(OC)cc(C=N)cc2-c2ccccc2)cc1. The van der Waals surface area contributed by atoms with Gasteiger partial charge in [0.1, 0.15) is 6.61 Å². The van der Waals surface area contributed by atoms with Crippen molar-refractivity contribution in [3.63, 3.8) is 0 Å². The third-order valence-electron chi connectivity index (χ3n) is 4.81. The van der Waals surface area contributed by atoms with Crippen LogP contribution in [0, 0.1) is 5.41 Å². The first kappa shape index (κ1) is 21.6. The minimum Gasteiger partial charge on any atom is -0.493 e. The molecular formula is C25H29N3O2. The number of methoxy groups -OCH3 is 1. The highest BCUT2D eigenvalue weighted by Crippen LogP contribution is 2.39. The molecule has 3 aromatic rings. The summed E-state index contributed by atoms with van der Waals surface area (Å²) in [5.41, 5.74) is 5.25. The van der Waals surface area contributed by atoms with Crippen molar-refractivity contribution in [2.45, 2.75) is 13.1 Å². The zero-order chi connectivity index (χ0) is 21.2. The topological polar surface area (TPSA) is 66.4 Å². The molecule has 0 aliphatic rings. The third-order valence-corrected chi connectivity index (χ3v) is 4.81. The molecule has 0 unspecified atom stereocenters. The van der Waals surface area contributed by atoms with E-state index in [1.54, 1.807) is 7.11 Å². The Balaban J connectivity index is 1.63. The second-order valence-electron chi connectivity index (χ2n) is 6.98. The van der Waals surface area contributed by atoms with Gasteiger partial charge in [-0.2, -0.15) is 0 Å². The molecule has 0 amide bonds. The molecule has 3 N–H and O–H groups in total. The van der Waals surface area contributed by atoms with Gasteiger partial charge in [-0.1, -0.05) is 54.6 Å². The van der Waals surface area contributed by atoms with Crippen LogP contribution >= 0.6 is 0 Å². The highest BCUT2D eigenvalue weighted by Gasteiger charge is 2.14. The quantitative estimate of drug-likeness (QED) is 0.331. The normalized spacial score (nSPS) is 10.6. The predicted molar refractivity (Wildman–Crippen MR) is 123 cm³/mol. The highest BCUT2D eigenvalue weighted by atomic mass is 16.5. The van der Waals surface area contributed by atoms with E-state index in [1.165, 1.54) is 17.3 Å². The molecular weight excluding hydrogens is 374 g/mol. The monoisotopic (exact) mass is 403 g/mol. The summed E-state index contributed by atoms with van der Waals surface area (Å²) in [6.45, 7) is 2.89. The predicted octanol–water partition coefficient (Wildman–Crippen LogP) is 4.25. The van der Waals surface area contributed by atoms with Gasteiger partial charge in [-0.05, 0) is 41.4 Å². The molecule has 0 heterocycles. The number of rotatable bonds is 11. The van der Waals surface area contributed by atoms with Crippen LogP contribution in [0.4, 0.5) is 0 Å². The van der Waals surface area contributed by atoms with Gasteiger partial charge in [0.2, 0.25) is 0 Å². The van der Waals surface area contributed by atoms with Gasteiger partial charge in [0, 0.05) is 31.4 Å². The van der Waals surface area contributed by atoms with Crippen LogP contribution in [0.2, 0.25) is 0 Å². The lowest BCUT2D eigenvalue weighted by Gasteiger charge is -2.17. The minimum atomic E-state index is 0.512. The van der Waals surface area contributed by atoms with E-state index in [4.69, 9.17) is 14.9 Å². The van der Waals surface area contributed by atoms with Crippen molar-refractivity contribution in [1.82, 2.24) is 10.6 Å². The highest BCUT2D eigenvalue weighted by molar-refractivity contribution is 5.85. The van der Waals surface area contributed by atoms with E-state index in [-0.39, 0.29) is 0 Å². The standard InChI is InChI=1S/C25H29N3O2/c1-27-17-19-8-10-20(11-9-19)18-28-12-13-30-25-23(22-6-4-3-5-7-22)14-21(16-26)15-24(25)29-2/h3-11,14-16,26-28H,12-13,17-18H2,1-2H3. The molecule has 0 aliphatic heterocycles. The molecule has 0 aliphatic carbocycles. The summed E-state index contributed by atoms with van der Waals surface area (Å²) in [5.74, 6) is 1.34. The Hall–Kier alpha value is -3.15. The smallest absolute Gasteiger partial charge is 0.169 e. The zero-order valence-electron chi connectivity index (χ0n) is 17.6. The Labute approximate surface area is 178 Å². The Morgan fingerprint density at radius 3 is 2.27 bits per heavy atom. The van der Waals surface area contributed by atoms with E-state index < -0.39 is 0 Å². The summed E-state index contributed by atoms with van der Waals surface area (Å²) in [6.07, 6.45) is 1.32. The van der Waals surface area contributed by atoms with E-state index in [0.717, 1.165) is 29.8 Å². The van der Waals surface area contributed by atoms with Gasteiger partial charge < -0.3 is 25.5 Å². The molecule has 0 saturated carbocycles. The second kappa shape index (κ2) is 11.1. The number of hydrogen-bond donors (Lipinski definition) is 3. The molecule has 0 saturated heterocycles. The molecule has 156 valence electrons. The number of hydrogen-bond acceptors (Lipinski definition) is 5. The molecule has 0 radical (unpaired) electrons. The Bertz CT molecular complexity index is 941. The summed E-state index contributed by atoms with van der Waals surface area (Å²) in [7, 11) is 3.58. The van der Waals surface area contributed by atoms with Crippen molar-refractivity contribution in [2.24, 2.45) is 0 Å². The van der Waals surface area contributed by atoms with Crippen LogP contribution < -0.4 is 20.1 Å². The van der Waals surface area contributed by atoms with Crippen LogP contribution in [-0.4, -0.2) is 33.5 Å². The van der Waals surface area contributed by atoms with Crippen LogP contribution in [0.15, 0.2) is 66.7 Å². The van der Waals surface area contributed by atoms with Crippen LogP contribution in [-0.2, 0) is 13.1 Å². The number of ether oxygens (including phenoxy) is 2. The van der Waals surface area contributed by atoms with Crippen molar-refractivity contribution in [1.29, 1.82) is 5.41 Å². The molecule has 3 rings (SSSR count). The van der Waals surface area contributed by atoms with Crippen LogP contribution in [0.5, 0.6) is 11.5 Å². The maximum absolute atomic E-state index is 7.62. The summed E-state index contributed by atoms with van der Waals surface area (Å²) >= 11 is 0. The third kappa shape index (κ3) is 5.69. The van der Waals surface area contributed by atoms with Crippen molar-refractivity contribution in [2.75, 3.05) is 27.3 Å². The molecule has 3 aromatic carbocycles. The van der Waals surface area contributed by atoms with Gasteiger partial charge in [0.05, 0.1) is 7.11 Å². The van der Waals surface area contributed by atoms with Crippen molar-refractivity contribution < 1.29 is 9.47 Å². The maximum atomic E-state index is 7.62. The fraction of sp³-hybridized carbons (Fsp3) is 0.240. The van der Waals surface area contributed by atoms with E-state index in [1.807, 2.05) is 49.5 Å². The Morgan fingerprint density at radius 1 is 0.933 bits per heavy atom. The van der Waals surface area contributed by atoms with E-state index >= 15 is 0 Å². The minimum absolute atomic E-state index is 0.512. The summed E-state index contributed by atoms with van der Waals surface area (Å²) in [4.78, 5) is 0. The lowest BCUT2D eigenvalue weighted by Crippen LogP contribution is -2.21. The molecule has 0 fully saturated rings. The number of nitrogens with one attached hydrogen (secondary N) is 3. The van der Waals surface area contributed by atoms with Gasteiger partial charge in [0.25, 0.3) is 0 Å². The van der Waals surface area contributed by atoms with Gasteiger partial charge in [-0.3, -0.25) is 0 Å². The van der Waals surface area contributed by atoms with Crippen molar-refractivity contribution in [3.05, 3.63) is 83.4 Å². The van der Waals surface area contributed by atoms with E-state index in [9.17, 15) is 0 Å². The van der Waals surface area contributed by atoms with Gasteiger partial charge >= 0.3 is 0 Å².